The summed E-state index contributed by atoms with van der Waals surface area (Å²) in [6.45, 7) is 5.53. The van der Waals surface area contributed by atoms with E-state index >= 15 is 0 Å². The molecule has 0 bridgehead atoms. The highest BCUT2D eigenvalue weighted by Crippen LogP contribution is 2.32. The second-order valence-corrected chi connectivity index (χ2v) is 6.04. The first kappa shape index (κ1) is 15.9. The molecule has 22 heavy (non-hydrogen) atoms. The number of hydrogen-bond donors (Lipinski definition) is 1. The van der Waals surface area contributed by atoms with Gasteiger partial charge in [-0.25, -0.2) is 4.79 Å². The summed E-state index contributed by atoms with van der Waals surface area (Å²) >= 11 is 0. The predicted octanol–water partition coefficient (Wildman–Crippen LogP) is 3.90. The van der Waals surface area contributed by atoms with E-state index in [1.54, 1.807) is 31.4 Å². The molecule has 4 nitrogen and oxygen atoms in total. The SMILES string of the molecule is COc1cc(N)ccc1-c1cccc(C(=O)OC(C)(C)C)c1. The number of anilines is 1. The quantitative estimate of drug-likeness (QED) is 0.689. The minimum atomic E-state index is -0.522. The van der Waals surface area contributed by atoms with Crippen LogP contribution < -0.4 is 10.5 Å². The topological polar surface area (TPSA) is 61.5 Å². The van der Waals surface area contributed by atoms with Gasteiger partial charge >= 0.3 is 5.97 Å². The number of nitrogen functional groups attached to an aromatic ring is 1. The Hall–Kier alpha value is -2.49. The zero-order valence-corrected chi connectivity index (χ0v) is 13.3. The van der Waals surface area contributed by atoms with Gasteiger partial charge in [-0.3, -0.25) is 0 Å². The lowest BCUT2D eigenvalue weighted by Crippen LogP contribution is -2.23. The first-order valence-electron chi connectivity index (χ1n) is 7.07. The van der Waals surface area contributed by atoms with Gasteiger partial charge in [-0.2, -0.15) is 0 Å². The molecule has 0 saturated heterocycles. The molecule has 2 rings (SSSR count). The van der Waals surface area contributed by atoms with Gasteiger partial charge in [0.25, 0.3) is 0 Å². The van der Waals surface area contributed by atoms with E-state index in [-0.39, 0.29) is 5.97 Å². The lowest BCUT2D eigenvalue weighted by Gasteiger charge is -2.19. The number of benzene rings is 2. The number of hydrogen-bond acceptors (Lipinski definition) is 4. The maximum Gasteiger partial charge on any atom is 0.338 e. The van der Waals surface area contributed by atoms with Crippen LogP contribution in [0.5, 0.6) is 5.75 Å². The molecule has 0 fully saturated rings. The third kappa shape index (κ3) is 3.79. The van der Waals surface area contributed by atoms with Gasteiger partial charge in [0, 0.05) is 17.3 Å². The Morgan fingerprint density at radius 2 is 1.82 bits per heavy atom. The summed E-state index contributed by atoms with van der Waals surface area (Å²) in [7, 11) is 1.59. The normalized spacial score (nSPS) is 11.1. The molecule has 0 amide bonds. The van der Waals surface area contributed by atoms with Crippen LogP contribution >= 0.6 is 0 Å². The van der Waals surface area contributed by atoms with Crippen LogP contribution in [-0.4, -0.2) is 18.7 Å². The van der Waals surface area contributed by atoms with Crippen molar-refractivity contribution in [3.8, 4) is 16.9 Å². The first-order valence-corrected chi connectivity index (χ1v) is 7.07. The standard InChI is InChI=1S/C18H21NO3/c1-18(2,3)22-17(20)13-7-5-6-12(10-13)15-9-8-14(19)11-16(15)21-4/h5-11H,19H2,1-4H3. The van der Waals surface area contributed by atoms with Crippen LogP contribution in [0.25, 0.3) is 11.1 Å². The van der Waals surface area contributed by atoms with E-state index in [1.165, 1.54) is 0 Å². The molecule has 2 N–H and O–H groups in total. The summed E-state index contributed by atoms with van der Waals surface area (Å²) in [6, 6.07) is 12.7. The van der Waals surface area contributed by atoms with E-state index in [2.05, 4.69) is 0 Å². The number of methoxy groups -OCH3 is 1. The van der Waals surface area contributed by atoms with Crippen LogP contribution in [-0.2, 0) is 4.74 Å². The number of carbonyl (C=O) groups excluding carboxylic acids is 1. The third-order valence-corrected chi connectivity index (χ3v) is 3.03. The zero-order valence-electron chi connectivity index (χ0n) is 13.3. The second-order valence-electron chi connectivity index (χ2n) is 6.04. The van der Waals surface area contributed by atoms with Crippen molar-refractivity contribution < 1.29 is 14.3 Å². The molecular formula is C18H21NO3. The molecule has 0 heterocycles. The minimum Gasteiger partial charge on any atom is -0.496 e. The molecule has 0 radical (unpaired) electrons. The molecule has 2 aromatic carbocycles. The van der Waals surface area contributed by atoms with E-state index in [9.17, 15) is 4.79 Å². The summed E-state index contributed by atoms with van der Waals surface area (Å²) in [4.78, 5) is 12.2. The fraction of sp³-hybridized carbons (Fsp3) is 0.278. The minimum absolute atomic E-state index is 0.344. The molecule has 0 aliphatic carbocycles. The Balaban J connectivity index is 2.39. The third-order valence-electron chi connectivity index (χ3n) is 3.03. The van der Waals surface area contributed by atoms with Crippen LogP contribution in [0.1, 0.15) is 31.1 Å². The molecule has 0 aromatic heterocycles. The van der Waals surface area contributed by atoms with E-state index in [0.717, 1.165) is 11.1 Å². The van der Waals surface area contributed by atoms with Crippen molar-refractivity contribution >= 4 is 11.7 Å². The van der Waals surface area contributed by atoms with Gasteiger partial charge in [0.05, 0.1) is 12.7 Å². The molecule has 2 aromatic rings. The largest absolute Gasteiger partial charge is 0.496 e. The Bertz CT molecular complexity index is 687. The fourth-order valence-electron chi connectivity index (χ4n) is 2.10. The monoisotopic (exact) mass is 299 g/mol. The van der Waals surface area contributed by atoms with E-state index in [1.807, 2.05) is 39.0 Å². The van der Waals surface area contributed by atoms with Gasteiger partial charge < -0.3 is 15.2 Å². The van der Waals surface area contributed by atoms with E-state index in [4.69, 9.17) is 15.2 Å². The Kier molecular flexibility index (Phi) is 4.40. The predicted molar refractivity (Wildman–Crippen MR) is 88.0 cm³/mol. The van der Waals surface area contributed by atoms with Crippen LogP contribution in [0.3, 0.4) is 0 Å². The average Bonchev–Trinajstić information content (AvgIpc) is 2.45. The second kappa shape index (κ2) is 6.10. The van der Waals surface area contributed by atoms with Crippen molar-refractivity contribution in [3.05, 3.63) is 48.0 Å². The molecule has 0 aliphatic heterocycles. The number of carbonyl (C=O) groups is 1. The van der Waals surface area contributed by atoms with Crippen LogP contribution in [0.4, 0.5) is 5.69 Å². The molecule has 0 aliphatic rings. The molecule has 0 unspecified atom stereocenters. The molecule has 0 atom stereocenters. The van der Waals surface area contributed by atoms with Crippen LogP contribution in [0, 0.1) is 0 Å². The van der Waals surface area contributed by atoms with Crippen LogP contribution in [0.15, 0.2) is 42.5 Å². The Labute approximate surface area is 130 Å². The molecular weight excluding hydrogens is 278 g/mol. The number of nitrogens with two attached hydrogens (primary N) is 1. The summed E-state index contributed by atoms with van der Waals surface area (Å²) in [6.07, 6.45) is 0. The summed E-state index contributed by atoms with van der Waals surface area (Å²) in [5, 5.41) is 0. The smallest absolute Gasteiger partial charge is 0.338 e. The molecule has 0 saturated carbocycles. The Morgan fingerprint density at radius 1 is 1.09 bits per heavy atom. The average molecular weight is 299 g/mol. The summed E-state index contributed by atoms with van der Waals surface area (Å²) in [5.41, 5.74) is 8.14. The van der Waals surface area contributed by atoms with Crippen molar-refractivity contribution in [2.24, 2.45) is 0 Å². The highest BCUT2D eigenvalue weighted by atomic mass is 16.6. The van der Waals surface area contributed by atoms with Gasteiger partial charge in [-0.1, -0.05) is 12.1 Å². The van der Waals surface area contributed by atoms with Crippen molar-refractivity contribution in [1.29, 1.82) is 0 Å². The van der Waals surface area contributed by atoms with Crippen LogP contribution in [0.2, 0.25) is 0 Å². The highest BCUT2D eigenvalue weighted by Gasteiger charge is 2.18. The van der Waals surface area contributed by atoms with Gasteiger partial charge in [0.15, 0.2) is 0 Å². The zero-order chi connectivity index (χ0) is 16.3. The Morgan fingerprint density at radius 3 is 2.45 bits per heavy atom. The van der Waals surface area contributed by atoms with Gasteiger partial charge in [0.2, 0.25) is 0 Å². The number of ether oxygens (including phenoxy) is 2. The van der Waals surface area contributed by atoms with Crippen molar-refractivity contribution in [2.45, 2.75) is 26.4 Å². The summed E-state index contributed by atoms with van der Waals surface area (Å²) < 4.78 is 10.8. The number of rotatable bonds is 3. The van der Waals surface area contributed by atoms with Crippen molar-refractivity contribution in [1.82, 2.24) is 0 Å². The van der Waals surface area contributed by atoms with Crippen molar-refractivity contribution in [2.75, 3.05) is 12.8 Å². The lowest BCUT2D eigenvalue weighted by atomic mass is 10.0. The van der Waals surface area contributed by atoms with Crippen molar-refractivity contribution in [3.63, 3.8) is 0 Å². The maximum absolute atomic E-state index is 12.2. The lowest BCUT2D eigenvalue weighted by molar-refractivity contribution is 0.00696. The van der Waals surface area contributed by atoms with Gasteiger partial charge in [-0.15, -0.1) is 0 Å². The molecule has 0 spiro atoms. The molecule has 116 valence electrons. The molecule has 4 heteroatoms. The fourth-order valence-corrected chi connectivity index (χ4v) is 2.10. The van der Waals surface area contributed by atoms with Gasteiger partial charge in [-0.05, 0) is 50.6 Å². The summed E-state index contributed by atoms with van der Waals surface area (Å²) in [5.74, 6) is 0.324. The van der Waals surface area contributed by atoms with E-state index < -0.39 is 5.60 Å². The van der Waals surface area contributed by atoms with Gasteiger partial charge in [0.1, 0.15) is 11.4 Å². The highest BCUT2D eigenvalue weighted by molar-refractivity contribution is 5.91. The first-order chi connectivity index (χ1) is 10.3. The number of esters is 1. The maximum atomic E-state index is 12.2. The van der Waals surface area contributed by atoms with E-state index in [0.29, 0.717) is 17.0 Å².